The fraction of sp³-hybridized carbons (Fsp3) is 0.500. The van der Waals surface area contributed by atoms with Crippen LogP contribution in [-0.4, -0.2) is 78.5 Å². The van der Waals surface area contributed by atoms with Gasteiger partial charge in [-0.2, -0.15) is 0 Å². The summed E-state index contributed by atoms with van der Waals surface area (Å²) in [6.07, 6.45) is 2.12. The lowest BCUT2D eigenvalue weighted by atomic mass is 9.94. The third kappa shape index (κ3) is 4.91. The normalized spacial score (nSPS) is 19.4. The number of benzene rings is 1. The molecule has 1 aromatic heterocycles. The Morgan fingerprint density at radius 3 is 2.59 bits per heavy atom. The number of nitrogens with one attached hydrogen (secondary N) is 1. The van der Waals surface area contributed by atoms with Gasteiger partial charge in [0.1, 0.15) is 11.6 Å². The number of nitrogens with zero attached hydrogens (tertiary/aromatic N) is 4. The van der Waals surface area contributed by atoms with Crippen LogP contribution in [-0.2, 0) is 9.53 Å². The lowest BCUT2D eigenvalue weighted by molar-refractivity contribution is -0.128. The van der Waals surface area contributed by atoms with E-state index < -0.39 is 0 Å². The fourth-order valence-corrected chi connectivity index (χ4v) is 4.50. The molecule has 2 saturated heterocycles. The van der Waals surface area contributed by atoms with E-state index in [1.165, 1.54) is 0 Å². The first-order valence-electron chi connectivity index (χ1n) is 11.3. The number of methoxy groups -OCH3 is 1. The number of ether oxygens (including phenoxy) is 1. The van der Waals surface area contributed by atoms with Crippen LogP contribution < -0.4 is 5.32 Å². The van der Waals surface area contributed by atoms with Crippen molar-refractivity contribution in [3.8, 4) is 0 Å². The number of rotatable bonds is 7. The topological polar surface area (TPSA) is 87.7 Å². The van der Waals surface area contributed by atoms with Gasteiger partial charge in [-0.1, -0.05) is 18.2 Å². The number of piperidine rings is 1. The Bertz CT molecular complexity index is 944. The number of amides is 2. The average Bonchev–Trinajstić information content (AvgIpc) is 3.23. The highest BCUT2D eigenvalue weighted by molar-refractivity contribution is 5.94. The molecule has 2 fully saturated rings. The van der Waals surface area contributed by atoms with Crippen LogP contribution in [0.1, 0.15) is 53.0 Å². The molecule has 1 aromatic carbocycles. The van der Waals surface area contributed by atoms with Crippen molar-refractivity contribution in [3.63, 3.8) is 0 Å². The van der Waals surface area contributed by atoms with Gasteiger partial charge in [0.15, 0.2) is 0 Å². The first-order chi connectivity index (χ1) is 15.6. The minimum Gasteiger partial charge on any atom is -0.383 e. The van der Waals surface area contributed by atoms with Crippen LogP contribution in [0.15, 0.2) is 36.4 Å². The smallest absolute Gasteiger partial charge is 0.253 e. The zero-order valence-electron chi connectivity index (χ0n) is 18.8. The lowest BCUT2D eigenvalue weighted by Gasteiger charge is -2.31. The van der Waals surface area contributed by atoms with Crippen LogP contribution in [0.25, 0.3) is 0 Å². The molecule has 32 heavy (non-hydrogen) atoms. The van der Waals surface area contributed by atoms with Gasteiger partial charge in [-0.15, -0.1) is 0 Å². The van der Waals surface area contributed by atoms with Crippen molar-refractivity contribution in [3.05, 3.63) is 53.5 Å². The van der Waals surface area contributed by atoms with Crippen LogP contribution in [0.4, 0.5) is 5.82 Å². The number of anilines is 1. The van der Waals surface area contributed by atoms with Gasteiger partial charge in [0.05, 0.1) is 12.3 Å². The second-order valence-corrected chi connectivity index (χ2v) is 8.45. The van der Waals surface area contributed by atoms with Gasteiger partial charge >= 0.3 is 0 Å². The minimum atomic E-state index is 0.0629. The molecule has 0 bridgehead atoms. The molecule has 0 saturated carbocycles. The zero-order chi connectivity index (χ0) is 22.5. The minimum absolute atomic E-state index is 0.0629. The Morgan fingerprint density at radius 1 is 1.16 bits per heavy atom. The summed E-state index contributed by atoms with van der Waals surface area (Å²) in [5.41, 5.74) is 1.64. The third-order valence-electron chi connectivity index (χ3n) is 6.39. The number of hydrogen-bond acceptors (Lipinski definition) is 6. The molecule has 8 heteroatoms. The Labute approximate surface area is 189 Å². The highest BCUT2D eigenvalue weighted by Gasteiger charge is 2.33. The highest BCUT2D eigenvalue weighted by Crippen LogP contribution is 2.32. The quantitative estimate of drug-likeness (QED) is 0.716. The summed E-state index contributed by atoms with van der Waals surface area (Å²) in [7, 11) is 3.49. The fourth-order valence-electron chi connectivity index (χ4n) is 4.50. The van der Waals surface area contributed by atoms with Gasteiger partial charge < -0.3 is 19.9 Å². The van der Waals surface area contributed by atoms with E-state index in [1.54, 1.807) is 7.11 Å². The standard InChI is InChI=1S/C24H31N5O3/c1-25-21-15-20(19-14-22(30)29(16-19)12-13-32-2)26-23(27-21)17-8-10-28(11-9-17)24(31)18-6-4-3-5-7-18/h3-7,15,17,19H,8-14,16H2,1-2H3,(H,25,26,27)/t19-/m1/s1. The van der Waals surface area contributed by atoms with E-state index in [2.05, 4.69) is 5.32 Å². The van der Waals surface area contributed by atoms with Gasteiger partial charge in [-0.3, -0.25) is 9.59 Å². The van der Waals surface area contributed by atoms with E-state index in [1.807, 2.05) is 53.2 Å². The molecular formula is C24H31N5O3. The van der Waals surface area contributed by atoms with Crippen LogP contribution in [0.2, 0.25) is 0 Å². The second-order valence-electron chi connectivity index (χ2n) is 8.45. The van der Waals surface area contributed by atoms with Crippen molar-refractivity contribution in [2.75, 3.05) is 52.3 Å². The SMILES string of the molecule is CNc1cc([C@@H]2CC(=O)N(CCOC)C2)nc(C2CCN(C(=O)c3ccccc3)CC2)n1. The average molecular weight is 438 g/mol. The van der Waals surface area contributed by atoms with Crippen molar-refractivity contribution in [1.82, 2.24) is 19.8 Å². The maximum absolute atomic E-state index is 12.7. The third-order valence-corrected chi connectivity index (χ3v) is 6.39. The molecule has 2 amide bonds. The number of aromatic nitrogens is 2. The maximum Gasteiger partial charge on any atom is 0.253 e. The van der Waals surface area contributed by atoms with Gasteiger partial charge in [0, 0.05) is 70.2 Å². The summed E-state index contributed by atoms with van der Waals surface area (Å²) < 4.78 is 5.12. The molecule has 4 rings (SSSR count). The zero-order valence-corrected chi connectivity index (χ0v) is 18.8. The Kier molecular flexibility index (Phi) is 6.99. The molecule has 170 valence electrons. The highest BCUT2D eigenvalue weighted by atomic mass is 16.5. The van der Waals surface area contributed by atoms with E-state index in [0.29, 0.717) is 39.2 Å². The van der Waals surface area contributed by atoms with E-state index in [4.69, 9.17) is 14.7 Å². The lowest BCUT2D eigenvalue weighted by Crippen LogP contribution is -2.38. The van der Waals surface area contributed by atoms with Crippen LogP contribution in [0, 0.1) is 0 Å². The first-order valence-corrected chi connectivity index (χ1v) is 11.3. The summed E-state index contributed by atoms with van der Waals surface area (Å²) in [6.45, 7) is 3.18. The van der Waals surface area contributed by atoms with Crippen molar-refractivity contribution >= 4 is 17.6 Å². The summed E-state index contributed by atoms with van der Waals surface area (Å²) in [4.78, 5) is 38.5. The van der Waals surface area contributed by atoms with Crippen LogP contribution in [0.5, 0.6) is 0 Å². The van der Waals surface area contributed by atoms with Gasteiger partial charge in [-0.05, 0) is 25.0 Å². The largest absolute Gasteiger partial charge is 0.383 e. The molecule has 1 N–H and O–H groups in total. The molecule has 0 radical (unpaired) electrons. The van der Waals surface area contributed by atoms with Crippen LogP contribution >= 0.6 is 0 Å². The molecule has 2 aliphatic rings. The summed E-state index contributed by atoms with van der Waals surface area (Å²) in [5, 5.41) is 3.14. The van der Waals surface area contributed by atoms with Crippen LogP contribution in [0.3, 0.4) is 0 Å². The number of hydrogen-bond donors (Lipinski definition) is 1. The monoisotopic (exact) mass is 437 g/mol. The molecule has 2 aliphatic heterocycles. The van der Waals surface area contributed by atoms with Crippen molar-refractivity contribution in [1.29, 1.82) is 0 Å². The van der Waals surface area contributed by atoms with Crippen molar-refractivity contribution in [2.24, 2.45) is 0 Å². The number of likely N-dealkylation sites (tertiary alicyclic amines) is 2. The second kappa shape index (κ2) is 10.1. The molecule has 8 nitrogen and oxygen atoms in total. The van der Waals surface area contributed by atoms with E-state index in [9.17, 15) is 9.59 Å². The summed E-state index contributed by atoms with van der Waals surface area (Å²) >= 11 is 0. The van der Waals surface area contributed by atoms with E-state index >= 15 is 0 Å². The number of carbonyl (C=O) groups is 2. The molecule has 0 spiro atoms. The van der Waals surface area contributed by atoms with E-state index in [0.717, 1.165) is 35.7 Å². The Hall–Kier alpha value is -3.00. The first kappa shape index (κ1) is 22.2. The van der Waals surface area contributed by atoms with E-state index in [-0.39, 0.29) is 23.7 Å². The molecular weight excluding hydrogens is 406 g/mol. The van der Waals surface area contributed by atoms with Crippen molar-refractivity contribution in [2.45, 2.75) is 31.1 Å². The Balaban J connectivity index is 1.44. The molecule has 2 aromatic rings. The molecule has 1 atom stereocenters. The predicted octanol–water partition coefficient (Wildman–Crippen LogP) is 2.50. The summed E-state index contributed by atoms with van der Waals surface area (Å²) in [6, 6.07) is 11.4. The molecule has 3 heterocycles. The summed E-state index contributed by atoms with van der Waals surface area (Å²) in [5.74, 6) is 2.06. The van der Waals surface area contributed by atoms with Gasteiger partial charge in [-0.25, -0.2) is 9.97 Å². The van der Waals surface area contributed by atoms with Gasteiger partial charge in [0.2, 0.25) is 5.91 Å². The molecule has 0 unspecified atom stereocenters. The molecule has 0 aliphatic carbocycles. The number of carbonyl (C=O) groups excluding carboxylic acids is 2. The van der Waals surface area contributed by atoms with Crippen molar-refractivity contribution < 1.29 is 14.3 Å². The Morgan fingerprint density at radius 2 is 1.91 bits per heavy atom. The predicted molar refractivity (Wildman–Crippen MR) is 122 cm³/mol. The van der Waals surface area contributed by atoms with Gasteiger partial charge in [0.25, 0.3) is 5.91 Å². The maximum atomic E-state index is 12.7.